The molecule has 0 fully saturated rings. The van der Waals surface area contributed by atoms with Crippen LogP contribution >= 0.6 is 11.6 Å². The van der Waals surface area contributed by atoms with Crippen LogP contribution in [0.4, 0.5) is 8.78 Å². The standard InChI is InChI=1S/C19H15ClF2O5/c1-25-17-8-11(7-13(20)19(17)26-2)3-6-18(24)27-10-16(23)12-4-5-14(21)15(22)9-12/h3-9H,10H2,1-2H3/b6-3+. The number of esters is 1. The summed E-state index contributed by atoms with van der Waals surface area (Å²) in [5, 5.41) is 0.290. The summed E-state index contributed by atoms with van der Waals surface area (Å²) in [7, 11) is 2.89. The maximum atomic E-state index is 13.1. The van der Waals surface area contributed by atoms with Crippen molar-refractivity contribution >= 4 is 29.4 Å². The summed E-state index contributed by atoms with van der Waals surface area (Å²) < 4.78 is 41.0. The van der Waals surface area contributed by atoms with E-state index in [2.05, 4.69) is 0 Å². The van der Waals surface area contributed by atoms with Gasteiger partial charge in [0.25, 0.3) is 0 Å². The monoisotopic (exact) mass is 396 g/mol. The van der Waals surface area contributed by atoms with Gasteiger partial charge in [-0.3, -0.25) is 4.79 Å². The highest BCUT2D eigenvalue weighted by Gasteiger charge is 2.12. The van der Waals surface area contributed by atoms with Gasteiger partial charge in [0, 0.05) is 11.6 Å². The van der Waals surface area contributed by atoms with E-state index in [0.29, 0.717) is 22.1 Å². The molecule has 0 aliphatic carbocycles. The van der Waals surface area contributed by atoms with Crippen LogP contribution in [0, 0.1) is 11.6 Å². The summed E-state index contributed by atoms with van der Waals surface area (Å²) in [6, 6.07) is 5.83. The number of halogens is 3. The summed E-state index contributed by atoms with van der Waals surface area (Å²) in [6.07, 6.45) is 2.51. The molecule has 27 heavy (non-hydrogen) atoms. The fourth-order valence-electron chi connectivity index (χ4n) is 2.14. The van der Waals surface area contributed by atoms with Gasteiger partial charge in [0.1, 0.15) is 0 Å². The van der Waals surface area contributed by atoms with E-state index in [0.717, 1.165) is 24.3 Å². The molecule has 0 atom stereocenters. The Bertz CT molecular complexity index is 896. The Morgan fingerprint density at radius 3 is 2.44 bits per heavy atom. The normalized spacial score (nSPS) is 10.7. The lowest BCUT2D eigenvalue weighted by atomic mass is 10.1. The molecule has 0 unspecified atom stereocenters. The van der Waals surface area contributed by atoms with Gasteiger partial charge in [0.05, 0.1) is 19.2 Å². The van der Waals surface area contributed by atoms with Crippen molar-refractivity contribution in [3.05, 3.63) is 64.2 Å². The van der Waals surface area contributed by atoms with Gasteiger partial charge in [-0.15, -0.1) is 0 Å². The molecule has 0 spiro atoms. The molecule has 2 rings (SSSR count). The molecule has 0 heterocycles. The fourth-order valence-corrected chi connectivity index (χ4v) is 2.43. The lowest BCUT2D eigenvalue weighted by molar-refractivity contribution is -0.136. The van der Waals surface area contributed by atoms with E-state index in [-0.39, 0.29) is 5.56 Å². The van der Waals surface area contributed by atoms with Gasteiger partial charge in [-0.25, -0.2) is 13.6 Å². The molecule has 5 nitrogen and oxygen atoms in total. The van der Waals surface area contributed by atoms with Crippen LogP contribution in [0.3, 0.4) is 0 Å². The Kier molecular flexibility index (Phi) is 6.90. The molecule has 0 radical (unpaired) electrons. The SMILES string of the molecule is COc1cc(/C=C/C(=O)OCC(=O)c2ccc(F)c(F)c2)cc(Cl)c1OC. The molecular formula is C19H15ClF2O5. The van der Waals surface area contributed by atoms with Crippen molar-refractivity contribution in [1.82, 2.24) is 0 Å². The van der Waals surface area contributed by atoms with Crippen molar-refractivity contribution in [2.75, 3.05) is 20.8 Å². The Morgan fingerprint density at radius 1 is 1.07 bits per heavy atom. The number of hydrogen-bond donors (Lipinski definition) is 0. The second-order valence-electron chi connectivity index (χ2n) is 5.23. The zero-order valence-electron chi connectivity index (χ0n) is 14.4. The van der Waals surface area contributed by atoms with Gasteiger partial charge in [0.15, 0.2) is 35.5 Å². The van der Waals surface area contributed by atoms with E-state index >= 15 is 0 Å². The van der Waals surface area contributed by atoms with Gasteiger partial charge in [-0.1, -0.05) is 11.6 Å². The number of rotatable bonds is 7. The molecule has 0 saturated carbocycles. The van der Waals surface area contributed by atoms with E-state index in [4.69, 9.17) is 25.8 Å². The average molecular weight is 397 g/mol. The molecule has 0 bridgehead atoms. The van der Waals surface area contributed by atoms with E-state index in [1.807, 2.05) is 0 Å². The molecule has 0 saturated heterocycles. The first-order chi connectivity index (χ1) is 12.8. The maximum Gasteiger partial charge on any atom is 0.331 e. The van der Waals surface area contributed by atoms with Crippen LogP contribution in [0.5, 0.6) is 11.5 Å². The molecule has 8 heteroatoms. The van der Waals surface area contributed by atoms with Crippen LogP contribution in [0.1, 0.15) is 15.9 Å². The maximum absolute atomic E-state index is 13.1. The molecule has 0 amide bonds. The summed E-state index contributed by atoms with van der Waals surface area (Å²) in [4.78, 5) is 23.6. The Hall–Kier alpha value is -2.93. The van der Waals surface area contributed by atoms with Gasteiger partial charge >= 0.3 is 5.97 Å². The number of ether oxygens (including phenoxy) is 3. The summed E-state index contributed by atoms with van der Waals surface area (Å²) in [5.41, 5.74) is 0.443. The minimum absolute atomic E-state index is 0.0997. The van der Waals surface area contributed by atoms with E-state index in [9.17, 15) is 18.4 Å². The Labute approximate surface area is 159 Å². The fraction of sp³-hybridized carbons (Fsp3) is 0.158. The van der Waals surface area contributed by atoms with Gasteiger partial charge in [-0.2, -0.15) is 0 Å². The van der Waals surface area contributed by atoms with Crippen LogP contribution in [-0.2, 0) is 9.53 Å². The Morgan fingerprint density at radius 2 is 1.81 bits per heavy atom. The highest BCUT2D eigenvalue weighted by Crippen LogP contribution is 2.36. The van der Waals surface area contributed by atoms with Gasteiger partial charge in [0.2, 0.25) is 0 Å². The van der Waals surface area contributed by atoms with Crippen molar-refractivity contribution in [2.45, 2.75) is 0 Å². The molecule has 2 aromatic carbocycles. The van der Waals surface area contributed by atoms with Crippen LogP contribution in [0.15, 0.2) is 36.4 Å². The van der Waals surface area contributed by atoms with Crippen LogP contribution in [-0.4, -0.2) is 32.6 Å². The predicted octanol–water partition coefficient (Wildman–Crippen LogP) is 4.07. The number of Topliss-reactive ketones (excluding diaryl/α,β-unsaturated/α-hetero) is 1. The third-order valence-electron chi connectivity index (χ3n) is 3.45. The molecule has 2 aromatic rings. The van der Waals surface area contributed by atoms with Crippen molar-refractivity contribution < 1.29 is 32.6 Å². The van der Waals surface area contributed by atoms with Crippen molar-refractivity contribution in [3.8, 4) is 11.5 Å². The summed E-state index contributed by atoms with van der Waals surface area (Å²) in [5.74, 6) is -2.94. The third-order valence-corrected chi connectivity index (χ3v) is 3.74. The summed E-state index contributed by atoms with van der Waals surface area (Å²) in [6.45, 7) is -0.610. The number of methoxy groups -OCH3 is 2. The zero-order chi connectivity index (χ0) is 20.0. The van der Waals surface area contributed by atoms with E-state index < -0.39 is 30.0 Å². The van der Waals surface area contributed by atoms with Crippen LogP contribution in [0.2, 0.25) is 5.02 Å². The smallest absolute Gasteiger partial charge is 0.331 e. The van der Waals surface area contributed by atoms with Crippen molar-refractivity contribution in [3.63, 3.8) is 0 Å². The molecular weight excluding hydrogens is 382 g/mol. The van der Waals surface area contributed by atoms with Crippen molar-refractivity contribution in [1.29, 1.82) is 0 Å². The zero-order valence-corrected chi connectivity index (χ0v) is 15.2. The molecule has 0 N–H and O–H groups in total. The van der Waals surface area contributed by atoms with Crippen LogP contribution < -0.4 is 9.47 Å². The quantitative estimate of drug-likeness (QED) is 0.401. The number of hydrogen-bond acceptors (Lipinski definition) is 5. The van der Waals surface area contributed by atoms with E-state index in [1.165, 1.54) is 20.3 Å². The molecule has 0 aliphatic rings. The lowest BCUT2D eigenvalue weighted by Crippen LogP contribution is -2.13. The first-order valence-corrected chi connectivity index (χ1v) is 7.98. The molecule has 0 aromatic heterocycles. The number of ketones is 1. The second kappa shape index (κ2) is 9.14. The topological polar surface area (TPSA) is 61.8 Å². The molecule has 142 valence electrons. The second-order valence-corrected chi connectivity index (χ2v) is 5.64. The van der Waals surface area contributed by atoms with Gasteiger partial charge in [-0.05, 0) is 42.0 Å². The largest absolute Gasteiger partial charge is 0.493 e. The van der Waals surface area contributed by atoms with E-state index in [1.54, 1.807) is 12.1 Å². The number of carbonyl (C=O) groups is 2. The predicted molar refractivity (Wildman–Crippen MR) is 95.2 cm³/mol. The first kappa shape index (κ1) is 20.4. The lowest BCUT2D eigenvalue weighted by Gasteiger charge is -2.10. The third kappa shape index (κ3) is 5.27. The Balaban J connectivity index is 2.00. The highest BCUT2D eigenvalue weighted by molar-refractivity contribution is 6.32. The van der Waals surface area contributed by atoms with Crippen LogP contribution in [0.25, 0.3) is 6.08 Å². The highest BCUT2D eigenvalue weighted by atomic mass is 35.5. The minimum atomic E-state index is -1.16. The minimum Gasteiger partial charge on any atom is -0.493 e. The number of carbonyl (C=O) groups excluding carboxylic acids is 2. The molecule has 0 aliphatic heterocycles. The summed E-state index contributed by atoms with van der Waals surface area (Å²) >= 11 is 6.07. The van der Waals surface area contributed by atoms with Crippen molar-refractivity contribution in [2.24, 2.45) is 0 Å². The average Bonchev–Trinajstić information content (AvgIpc) is 2.65. The number of benzene rings is 2. The van der Waals surface area contributed by atoms with Gasteiger partial charge < -0.3 is 14.2 Å². The first-order valence-electron chi connectivity index (χ1n) is 7.60.